The van der Waals surface area contributed by atoms with Crippen molar-refractivity contribution in [3.63, 3.8) is 0 Å². The van der Waals surface area contributed by atoms with Gasteiger partial charge in [0.1, 0.15) is 5.52 Å². The van der Waals surface area contributed by atoms with Crippen LogP contribution in [0.15, 0.2) is 22.6 Å². The Kier molecular flexibility index (Phi) is 2.13. The maximum Gasteiger partial charge on any atom is 0.297 e. The highest BCUT2D eigenvalue weighted by Gasteiger charge is 2.06. The minimum absolute atomic E-state index is 0.522. The Hall–Kier alpha value is -1.55. The average molecular weight is 191 g/mol. The lowest BCUT2D eigenvalue weighted by atomic mass is 10.2. The second-order valence-electron chi connectivity index (χ2n) is 3.40. The monoisotopic (exact) mass is 191 g/mol. The lowest BCUT2D eigenvalue weighted by Gasteiger charge is -2.03. The summed E-state index contributed by atoms with van der Waals surface area (Å²) in [4.78, 5) is 6.14. The number of aromatic nitrogens is 1. The molecular weight excluding hydrogens is 178 g/mol. The molecule has 0 bridgehead atoms. The summed E-state index contributed by atoms with van der Waals surface area (Å²) >= 11 is 0. The maximum atomic E-state index is 5.53. The fourth-order valence-corrected chi connectivity index (χ4v) is 1.28. The first-order chi connectivity index (χ1) is 6.70. The zero-order chi connectivity index (χ0) is 10.1. The van der Waals surface area contributed by atoms with Crippen molar-refractivity contribution in [2.75, 3.05) is 19.0 Å². The van der Waals surface area contributed by atoms with E-state index in [1.807, 2.05) is 37.2 Å². The summed E-state index contributed by atoms with van der Waals surface area (Å²) in [7, 11) is 3.79. The van der Waals surface area contributed by atoms with E-state index in [-0.39, 0.29) is 0 Å². The Morgan fingerprint density at radius 3 is 2.86 bits per heavy atom. The molecule has 0 saturated carbocycles. The SMILES string of the molecule is CN(C)c1nc2ccc(CN)cc2o1. The maximum absolute atomic E-state index is 5.53. The molecule has 74 valence electrons. The van der Waals surface area contributed by atoms with Gasteiger partial charge in [-0.2, -0.15) is 4.98 Å². The number of nitrogens with zero attached hydrogens (tertiary/aromatic N) is 2. The summed E-state index contributed by atoms with van der Waals surface area (Å²) < 4.78 is 5.53. The summed E-state index contributed by atoms with van der Waals surface area (Å²) in [6, 6.07) is 6.43. The molecule has 0 saturated heterocycles. The van der Waals surface area contributed by atoms with Crippen LogP contribution in [0, 0.1) is 0 Å². The number of hydrogen-bond donors (Lipinski definition) is 1. The first-order valence-corrected chi connectivity index (χ1v) is 4.47. The van der Waals surface area contributed by atoms with Crippen LogP contribution in [0.4, 0.5) is 6.01 Å². The molecule has 1 heterocycles. The Labute approximate surface area is 82.3 Å². The molecule has 2 aromatic rings. The molecular formula is C10H13N3O. The lowest BCUT2D eigenvalue weighted by Crippen LogP contribution is -2.08. The zero-order valence-corrected chi connectivity index (χ0v) is 8.32. The molecule has 2 N–H and O–H groups in total. The van der Waals surface area contributed by atoms with E-state index >= 15 is 0 Å². The third-order valence-electron chi connectivity index (χ3n) is 2.06. The van der Waals surface area contributed by atoms with E-state index in [1.165, 1.54) is 0 Å². The Morgan fingerprint density at radius 2 is 2.21 bits per heavy atom. The number of oxazole rings is 1. The van der Waals surface area contributed by atoms with Crippen molar-refractivity contribution >= 4 is 17.1 Å². The van der Waals surface area contributed by atoms with Crippen molar-refractivity contribution in [3.05, 3.63) is 23.8 Å². The van der Waals surface area contributed by atoms with Crippen molar-refractivity contribution in [3.8, 4) is 0 Å². The van der Waals surface area contributed by atoms with Gasteiger partial charge in [0.05, 0.1) is 0 Å². The smallest absolute Gasteiger partial charge is 0.297 e. The number of nitrogens with two attached hydrogens (primary N) is 1. The highest BCUT2D eigenvalue weighted by atomic mass is 16.4. The van der Waals surface area contributed by atoms with Crippen LogP contribution in [0.3, 0.4) is 0 Å². The van der Waals surface area contributed by atoms with Gasteiger partial charge >= 0.3 is 0 Å². The minimum Gasteiger partial charge on any atom is -0.423 e. The highest BCUT2D eigenvalue weighted by molar-refractivity contribution is 5.75. The number of rotatable bonds is 2. The summed E-state index contributed by atoms with van der Waals surface area (Å²) in [6.07, 6.45) is 0. The molecule has 1 aromatic carbocycles. The Bertz CT molecular complexity index is 448. The third kappa shape index (κ3) is 1.44. The van der Waals surface area contributed by atoms with Crippen LogP contribution in [-0.2, 0) is 6.54 Å². The molecule has 14 heavy (non-hydrogen) atoms. The molecule has 4 heteroatoms. The number of anilines is 1. The normalized spacial score (nSPS) is 10.8. The lowest BCUT2D eigenvalue weighted by molar-refractivity contribution is 0.596. The predicted octanol–water partition coefficient (Wildman–Crippen LogP) is 1.35. The summed E-state index contributed by atoms with van der Waals surface area (Å²) in [5.41, 5.74) is 8.24. The molecule has 1 aromatic heterocycles. The molecule has 0 atom stereocenters. The van der Waals surface area contributed by atoms with Crippen molar-refractivity contribution in [1.29, 1.82) is 0 Å². The average Bonchev–Trinajstić information content (AvgIpc) is 2.59. The number of hydrogen-bond acceptors (Lipinski definition) is 4. The van der Waals surface area contributed by atoms with Crippen molar-refractivity contribution < 1.29 is 4.42 Å². The van der Waals surface area contributed by atoms with Gasteiger partial charge < -0.3 is 15.1 Å². The number of fused-ring (bicyclic) bond motifs is 1. The van der Waals surface area contributed by atoms with E-state index in [4.69, 9.17) is 10.2 Å². The van der Waals surface area contributed by atoms with Crippen LogP contribution in [0.5, 0.6) is 0 Å². The van der Waals surface area contributed by atoms with Crippen molar-refractivity contribution in [1.82, 2.24) is 4.98 Å². The summed E-state index contributed by atoms with van der Waals surface area (Å²) in [6.45, 7) is 0.522. The molecule has 4 nitrogen and oxygen atoms in total. The van der Waals surface area contributed by atoms with Crippen molar-refractivity contribution in [2.45, 2.75) is 6.54 Å². The zero-order valence-electron chi connectivity index (χ0n) is 8.32. The van der Waals surface area contributed by atoms with Crippen LogP contribution in [0.1, 0.15) is 5.56 Å². The van der Waals surface area contributed by atoms with Gasteiger partial charge in [-0.25, -0.2) is 0 Å². The van der Waals surface area contributed by atoms with Crippen molar-refractivity contribution in [2.24, 2.45) is 5.73 Å². The van der Waals surface area contributed by atoms with Gasteiger partial charge in [-0.3, -0.25) is 0 Å². The third-order valence-corrected chi connectivity index (χ3v) is 2.06. The van der Waals surface area contributed by atoms with Crippen LogP contribution >= 0.6 is 0 Å². The predicted molar refractivity (Wildman–Crippen MR) is 56.2 cm³/mol. The topological polar surface area (TPSA) is 55.3 Å². The molecule has 0 unspecified atom stereocenters. The van der Waals surface area contributed by atoms with E-state index < -0.39 is 0 Å². The van der Waals surface area contributed by atoms with Gasteiger partial charge in [-0.15, -0.1) is 0 Å². The standard InChI is InChI=1S/C10H13N3O/c1-13(2)10-12-8-4-3-7(6-11)5-9(8)14-10/h3-5H,6,11H2,1-2H3. The van der Waals surface area contributed by atoms with Gasteiger partial charge in [0.15, 0.2) is 5.58 Å². The van der Waals surface area contributed by atoms with Gasteiger partial charge in [-0.1, -0.05) is 6.07 Å². The van der Waals surface area contributed by atoms with Gasteiger partial charge in [0, 0.05) is 20.6 Å². The molecule has 0 fully saturated rings. The summed E-state index contributed by atoms with van der Waals surface area (Å²) in [5.74, 6) is 0. The van der Waals surface area contributed by atoms with Gasteiger partial charge in [0.25, 0.3) is 6.01 Å². The minimum atomic E-state index is 0.522. The first kappa shape index (κ1) is 9.02. The fraction of sp³-hybridized carbons (Fsp3) is 0.300. The van der Waals surface area contributed by atoms with Gasteiger partial charge in [0.2, 0.25) is 0 Å². The van der Waals surface area contributed by atoms with Crippen LogP contribution < -0.4 is 10.6 Å². The second kappa shape index (κ2) is 3.31. The highest BCUT2D eigenvalue weighted by Crippen LogP contribution is 2.21. The largest absolute Gasteiger partial charge is 0.423 e. The Morgan fingerprint density at radius 1 is 1.43 bits per heavy atom. The summed E-state index contributed by atoms with van der Waals surface area (Å²) in [5, 5.41) is 0. The molecule has 0 spiro atoms. The second-order valence-corrected chi connectivity index (χ2v) is 3.40. The van der Waals surface area contributed by atoms with Crippen LogP contribution in [-0.4, -0.2) is 19.1 Å². The quantitative estimate of drug-likeness (QED) is 0.778. The van der Waals surface area contributed by atoms with E-state index in [0.29, 0.717) is 12.6 Å². The van der Waals surface area contributed by atoms with E-state index in [9.17, 15) is 0 Å². The molecule has 0 amide bonds. The fourth-order valence-electron chi connectivity index (χ4n) is 1.28. The number of benzene rings is 1. The van der Waals surface area contributed by atoms with E-state index in [1.54, 1.807) is 0 Å². The molecule has 0 radical (unpaired) electrons. The Balaban J connectivity index is 2.54. The van der Waals surface area contributed by atoms with Crippen LogP contribution in [0.2, 0.25) is 0 Å². The molecule has 0 aliphatic heterocycles. The van der Waals surface area contributed by atoms with E-state index in [2.05, 4.69) is 4.98 Å². The first-order valence-electron chi connectivity index (χ1n) is 4.47. The van der Waals surface area contributed by atoms with E-state index in [0.717, 1.165) is 16.7 Å². The van der Waals surface area contributed by atoms with Gasteiger partial charge in [-0.05, 0) is 17.7 Å². The molecule has 0 aliphatic carbocycles. The molecule has 2 rings (SSSR count). The molecule has 0 aliphatic rings. The van der Waals surface area contributed by atoms with Crippen LogP contribution in [0.25, 0.3) is 11.1 Å².